The van der Waals surface area contributed by atoms with Crippen LogP contribution >= 0.6 is 0 Å². The Labute approximate surface area is 316 Å². The van der Waals surface area contributed by atoms with Crippen LogP contribution in [0.3, 0.4) is 0 Å². The highest BCUT2D eigenvalue weighted by Gasteiger charge is 2.56. The van der Waals surface area contributed by atoms with E-state index in [0.29, 0.717) is 35.4 Å². The maximum atomic E-state index is 10.0. The van der Waals surface area contributed by atoms with Crippen LogP contribution in [-0.2, 0) is 42.7 Å². The first-order valence-corrected chi connectivity index (χ1v) is 20.1. The molecule has 2 saturated carbocycles. The van der Waals surface area contributed by atoms with E-state index in [1.807, 2.05) is 24.3 Å². The number of aromatic hydroxyl groups is 2. The van der Waals surface area contributed by atoms with E-state index >= 15 is 0 Å². The van der Waals surface area contributed by atoms with Gasteiger partial charge in [0, 0.05) is 49.2 Å². The number of carbonyl (C=O) groups is 2. The Morgan fingerprint density at radius 2 is 1.07 bits per heavy atom. The number of ether oxygens (including phenoxy) is 2. The minimum atomic E-state index is -2.27. The predicted octanol–water partition coefficient (Wildman–Crippen LogP) is 3.29. The zero-order valence-electron chi connectivity index (χ0n) is 31.0. The third kappa shape index (κ3) is 7.14. The number of fused-ring (bicyclic) bond motifs is 2. The lowest BCUT2D eigenvalue weighted by Crippen LogP contribution is -2.63. The highest BCUT2D eigenvalue weighted by molar-refractivity contribution is 5.83. The standard InChI is InChI=1S/2C19H25NO2.C4H6O6/c2*21-15-4-3-14-9-18-16-5-8-22-12-19(16,17(14)10-15)6-7-20(18)11-13-1-2-13;5-1(3(7)8)2(6)4(9)10/h2*3-4,10,13,16,18,21H,1-2,5-9,11-12H2;1-2,5-6H,(H,7,8)(H,9,10)/t2*16-,18-,19+;1-,2-/m001/s1. The van der Waals surface area contributed by atoms with Crippen molar-refractivity contribution in [2.24, 2.45) is 23.7 Å². The van der Waals surface area contributed by atoms with Gasteiger partial charge in [-0.2, -0.15) is 0 Å². The molecule has 0 spiro atoms. The maximum absolute atomic E-state index is 10.0. The Bertz CT molecular complexity index is 1590. The summed E-state index contributed by atoms with van der Waals surface area (Å²) >= 11 is 0. The molecule has 10 rings (SSSR count). The van der Waals surface area contributed by atoms with E-state index in [2.05, 4.69) is 21.9 Å². The van der Waals surface area contributed by atoms with Crippen LogP contribution in [0, 0.1) is 23.7 Å². The summed E-state index contributed by atoms with van der Waals surface area (Å²) in [7, 11) is 0. The summed E-state index contributed by atoms with van der Waals surface area (Å²) in [6.45, 7) is 8.55. The van der Waals surface area contributed by atoms with Gasteiger partial charge >= 0.3 is 11.9 Å². The number of rotatable bonds is 7. The average molecular weight is 749 g/mol. The number of hydrogen-bond donors (Lipinski definition) is 6. The summed E-state index contributed by atoms with van der Waals surface area (Å²) in [5.74, 6) is 0.644. The first-order chi connectivity index (χ1) is 26.0. The van der Waals surface area contributed by atoms with Crippen LogP contribution in [0.4, 0.5) is 0 Å². The van der Waals surface area contributed by atoms with Gasteiger partial charge in [-0.05, 0) is 147 Å². The van der Waals surface area contributed by atoms with E-state index in [1.54, 1.807) is 0 Å². The number of phenols is 2. The Kier molecular flexibility index (Phi) is 10.5. The fraction of sp³-hybridized carbons (Fsp3) is 0.667. The van der Waals surface area contributed by atoms with Crippen molar-refractivity contribution < 1.29 is 49.7 Å². The topological polar surface area (TPSA) is 180 Å². The summed E-state index contributed by atoms with van der Waals surface area (Å²) in [4.78, 5) is 25.1. The molecule has 4 aliphatic heterocycles. The summed E-state index contributed by atoms with van der Waals surface area (Å²) < 4.78 is 11.9. The van der Waals surface area contributed by atoms with Crippen molar-refractivity contribution >= 4 is 11.9 Å². The number of piperidine rings is 2. The van der Waals surface area contributed by atoms with Gasteiger partial charge < -0.3 is 40.1 Å². The van der Waals surface area contributed by atoms with Crippen LogP contribution in [0.1, 0.15) is 73.6 Å². The molecule has 4 saturated heterocycles. The van der Waals surface area contributed by atoms with Crippen molar-refractivity contribution in [3.05, 3.63) is 58.7 Å². The molecule has 0 radical (unpaired) electrons. The van der Waals surface area contributed by atoms with Crippen molar-refractivity contribution in [3.63, 3.8) is 0 Å². The molecule has 6 fully saturated rings. The number of benzene rings is 2. The quantitative estimate of drug-likeness (QED) is 0.244. The molecule has 54 heavy (non-hydrogen) atoms. The van der Waals surface area contributed by atoms with Crippen molar-refractivity contribution in [3.8, 4) is 11.5 Å². The minimum Gasteiger partial charge on any atom is -0.508 e. The van der Waals surface area contributed by atoms with Crippen LogP contribution in [0.5, 0.6) is 11.5 Å². The molecule has 8 aliphatic rings. The summed E-state index contributed by atoms with van der Waals surface area (Å²) in [5.41, 5.74) is 6.00. The Morgan fingerprint density at radius 1 is 0.667 bits per heavy atom. The summed E-state index contributed by atoms with van der Waals surface area (Å²) in [6.07, 6.45) is 8.29. The van der Waals surface area contributed by atoms with Crippen LogP contribution in [-0.4, -0.2) is 129 Å². The molecule has 8 atom stereocenters. The Hall–Kier alpha value is -3.26. The van der Waals surface area contributed by atoms with Gasteiger partial charge in [-0.15, -0.1) is 0 Å². The van der Waals surface area contributed by atoms with Gasteiger partial charge in [0.25, 0.3) is 0 Å². The molecule has 2 aromatic rings. The number of nitrogens with zero attached hydrogens (tertiary/aromatic N) is 2. The lowest BCUT2D eigenvalue weighted by Gasteiger charge is -2.58. The summed E-state index contributed by atoms with van der Waals surface area (Å²) in [5, 5.41) is 52.5. The van der Waals surface area contributed by atoms with Gasteiger partial charge in [-0.1, -0.05) is 12.1 Å². The number of aliphatic hydroxyl groups is 2. The number of phenolic OH excluding ortho intramolecular Hbond substituents is 2. The minimum absolute atomic E-state index is 0.162. The second kappa shape index (κ2) is 15.0. The monoisotopic (exact) mass is 748 g/mol. The second-order valence-corrected chi connectivity index (χ2v) is 17.4. The molecule has 0 amide bonds. The number of aliphatic hydroxyl groups excluding tert-OH is 2. The van der Waals surface area contributed by atoms with Crippen molar-refractivity contribution in [1.82, 2.24) is 9.80 Å². The zero-order chi connectivity index (χ0) is 37.8. The fourth-order valence-corrected chi connectivity index (χ4v) is 11.1. The molecule has 0 aromatic heterocycles. The van der Waals surface area contributed by atoms with E-state index in [4.69, 9.17) is 29.9 Å². The number of carboxylic acid groups (broad SMARTS) is 2. The molecule has 4 bridgehead atoms. The van der Waals surface area contributed by atoms with Crippen molar-refractivity contribution in [2.45, 2.75) is 99.3 Å². The zero-order valence-corrected chi connectivity index (χ0v) is 31.0. The Balaban J connectivity index is 0.000000124. The highest BCUT2D eigenvalue weighted by Crippen LogP contribution is 2.55. The van der Waals surface area contributed by atoms with Crippen molar-refractivity contribution in [2.75, 3.05) is 52.6 Å². The third-order valence-electron chi connectivity index (χ3n) is 14.1. The Morgan fingerprint density at radius 3 is 1.44 bits per heavy atom. The molecule has 4 aliphatic carbocycles. The average Bonchev–Trinajstić information content (AvgIpc) is 4.12. The van der Waals surface area contributed by atoms with Crippen molar-refractivity contribution in [1.29, 1.82) is 0 Å². The first kappa shape index (κ1) is 37.7. The molecule has 6 N–H and O–H groups in total. The number of likely N-dealkylation sites (tertiary alicyclic amines) is 2. The first-order valence-electron chi connectivity index (χ1n) is 20.1. The van der Waals surface area contributed by atoms with Crippen LogP contribution in [0.15, 0.2) is 36.4 Å². The summed E-state index contributed by atoms with van der Waals surface area (Å²) in [6, 6.07) is 13.5. The number of aliphatic carboxylic acids is 2. The van der Waals surface area contributed by atoms with Gasteiger partial charge in [-0.3, -0.25) is 9.80 Å². The van der Waals surface area contributed by atoms with Crippen LogP contribution in [0.2, 0.25) is 0 Å². The normalized spacial score (nSPS) is 33.4. The molecular formula is C42H56N2O10. The SMILES string of the molecule is O=C(O)[C@H](O)[C@@H](O)C(=O)O.Oc1ccc2c(c1)[C@@]13CCN(CC4CC4)[C@@H](C2)[C@@H]1CCOC3.Oc1ccc2c(c1)[C@@]13CCN(CC4CC4)[C@@H](C2)[C@@H]1CCOC3. The second-order valence-electron chi connectivity index (χ2n) is 17.4. The highest BCUT2D eigenvalue weighted by atomic mass is 16.5. The fourth-order valence-electron chi connectivity index (χ4n) is 11.1. The predicted molar refractivity (Wildman–Crippen MR) is 198 cm³/mol. The van der Waals surface area contributed by atoms with Gasteiger partial charge in [-0.25, -0.2) is 9.59 Å². The molecule has 12 nitrogen and oxygen atoms in total. The van der Waals surface area contributed by atoms with Gasteiger partial charge in [0.1, 0.15) is 11.5 Å². The third-order valence-corrected chi connectivity index (χ3v) is 14.1. The largest absolute Gasteiger partial charge is 0.508 e. The lowest BCUT2D eigenvalue weighted by atomic mass is 9.56. The van der Waals surface area contributed by atoms with Gasteiger partial charge in [0.05, 0.1) is 13.2 Å². The molecule has 2 aromatic carbocycles. The van der Waals surface area contributed by atoms with E-state index in [1.165, 1.54) is 99.8 Å². The maximum Gasteiger partial charge on any atom is 0.335 e. The number of carboxylic acids is 2. The molecule has 294 valence electrons. The molecule has 0 unspecified atom stereocenters. The van der Waals surface area contributed by atoms with Gasteiger partial charge in [0.2, 0.25) is 0 Å². The molecular weight excluding hydrogens is 692 g/mol. The van der Waals surface area contributed by atoms with Crippen LogP contribution in [0.25, 0.3) is 0 Å². The molecule has 12 heteroatoms. The van der Waals surface area contributed by atoms with Crippen LogP contribution < -0.4 is 0 Å². The number of hydrogen-bond acceptors (Lipinski definition) is 10. The lowest BCUT2D eigenvalue weighted by molar-refractivity contribution is -0.165. The smallest absolute Gasteiger partial charge is 0.335 e. The van der Waals surface area contributed by atoms with E-state index in [-0.39, 0.29) is 10.8 Å². The van der Waals surface area contributed by atoms with E-state index < -0.39 is 24.1 Å². The van der Waals surface area contributed by atoms with E-state index in [0.717, 1.165) is 51.1 Å². The molecule has 4 heterocycles. The van der Waals surface area contributed by atoms with Gasteiger partial charge in [0.15, 0.2) is 12.2 Å². The van der Waals surface area contributed by atoms with E-state index in [9.17, 15) is 19.8 Å².